The molecule has 1 aromatic carbocycles. The third-order valence-electron chi connectivity index (χ3n) is 3.62. The average molecular weight is 503 g/mol. The zero-order chi connectivity index (χ0) is 18.9. The van der Waals surface area contributed by atoms with Crippen molar-refractivity contribution >= 4 is 47.2 Å². The predicted octanol–water partition coefficient (Wildman–Crippen LogP) is 2.57. The van der Waals surface area contributed by atoms with Crippen LogP contribution in [0.4, 0.5) is 0 Å². The molecule has 148 valence electrons. The van der Waals surface area contributed by atoms with Gasteiger partial charge in [-0.15, -0.1) is 35.3 Å². The van der Waals surface area contributed by atoms with Gasteiger partial charge in [-0.1, -0.05) is 0 Å². The van der Waals surface area contributed by atoms with Crippen molar-refractivity contribution in [3.63, 3.8) is 0 Å². The smallest absolute Gasteiger partial charge is 0.251 e. The molecule has 0 saturated heterocycles. The molecule has 0 bridgehead atoms. The first-order chi connectivity index (χ1) is 12.5. The molecule has 9 heteroatoms. The Morgan fingerprint density at radius 2 is 1.81 bits per heavy atom. The summed E-state index contributed by atoms with van der Waals surface area (Å²) in [5, 5.41) is 19.4. The van der Waals surface area contributed by atoms with Crippen molar-refractivity contribution in [3.05, 3.63) is 45.4 Å². The van der Waals surface area contributed by atoms with Gasteiger partial charge in [0.2, 0.25) is 0 Å². The van der Waals surface area contributed by atoms with E-state index in [-0.39, 0.29) is 35.6 Å². The summed E-state index contributed by atoms with van der Waals surface area (Å²) >= 11 is 1.66. The number of aliphatic imine (C=N–C) groups is 1. The second-order valence-electron chi connectivity index (χ2n) is 5.67. The minimum Gasteiger partial charge on any atom is -0.508 e. The van der Waals surface area contributed by atoms with Crippen molar-refractivity contribution in [2.24, 2.45) is 4.99 Å². The van der Waals surface area contributed by atoms with Crippen LogP contribution in [0.1, 0.15) is 32.9 Å². The predicted molar refractivity (Wildman–Crippen MR) is 120 cm³/mol. The first-order valence-corrected chi connectivity index (χ1v) is 9.33. The molecule has 0 saturated carbocycles. The second-order valence-corrected chi connectivity index (χ2v) is 6.96. The monoisotopic (exact) mass is 503 g/mol. The Balaban J connectivity index is 0.00000364. The van der Waals surface area contributed by atoms with Crippen molar-refractivity contribution in [1.82, 2.24) is 20.9 Å². The molecule has 1 amide bonds. The number of benzene rings is 1. The summed E-state index contributed by atoms with van der Waals surface area (Å²) in [5.74, 6) is 0.652. The average Bonchev–Trinajstić information content (AvgIpc) is 2.94. The number of nitrogens with zero attached hydrogens (tertiary/aromatic N) is 2. The molecule has 1 heterocycles. The molecule has 1 aromatic heterocycles. The summed E-state index contributed by atoms with van der Waals surface area (Å²) in [4.78, 5) is 22.2. The number of phenolic OH excluding ortho intramolecular Hbond substituents is 1. The van der Waals surface area contributed by atoms with Crippen LogP contribution in [0.3, 0.4) is 0 Å². The minimum atomic E-state index is -0.178. The molecule has 0 aliphatic rings. The molecular weight excluding hydrogens is 477 g/mol. The van der Waals surface area contributed by atoms with Crippen LogP contribution in [0.2, 0.25) is 0 Å². The highest BCUT2D eigenvalue weighted by Gasteiger charge is 2.06. The molecule has 4 N–H and O–H groups in total. The molecule has 0 atom stereocenters. The summed E-state index contributed by atoms with van der Waals surface area (Å²) in [6.45, 7) is 8.34. The van der Waals surface area contributed by atoms with Gasteiger partial charge >= 0.3 is 0 Å². The fourth-order valence-electron chi connectivity index (χ4n) is 2.17. The largest absolute Gasteiger partial charge is 0.508 e. The van der Waals surface area contributed by atoms with E-state index < -0.39 is 0 Å². The van der Waals surface area contributed by atoms with Crippen molar-refractivity contribution in [1.29, 1.82) is 0 Å². The SMILES string of the molecule is CCNC(=NCc1nc(C)c(C)s1)NCCNC(=O)c1ccc(O)cc1.I. The topological polar surface area (TPSA) is 98.6 Å². The van der Waals surface area contributed by atoms with Gasteiger partial charge in [0.05, 0.1) is 12.2 Å². The van der Waals surface area contributed by atoms with E-state index in [1.807, 2.05) is 13.8 Å². The maximum absolute atomic E-state index is 12.0. The maximum atomic E-state index is 12.0. The number of halogens is 1. The van der Waals surface area contributed by atoms with Gasteiger partial charge in [0.25, 0.3) is 5.91 Å². The molecule has 0 aliphatic heterocycles. The van der Waals surface area contributed by atoms with Crippen molar-refractivity contribution in [2.75, 3.05) is 19.6 Å². The number of phenols is 1. The number of aromatic hydroxyl groups is 1. The number of thiazole rings is 1. The van der Waals surface area contributed by atoms with E-state index in [0.29, 0.717) is 31.2 Å². The minimum absolute atomic E-state index is 0. The van der Waals surface area contributed by atoms with Crippen LogP contribution in [0.25, 0.3) is 0 Å². The van der Waals surface area contributed by atoms with Crippen LogP contribution < -0.4 is 16.0 Å². The lowest BCUT2D eigenvalue weighted by molar-refractivity contribution is 0.0954. The van der Waals surface area contributed by atoms with E-state index in [9.17, 15) is 9.90 Å². The molecule has 0 aliphatic carbocycles. The lowest BCUT2D eigenvalue weighted by Crippen LogP contribution is -2.41. The van der Waals surface area contributed by atoms with Gasteiger partial charge in [-0.25, -0.2) is 9.98 Å². The Morgan fingerprint density at radius 1 is 1.15 bits per heavy atom. The van der Waals surface area contributed by atoms with E-state index in [0.717, 1.165) is 17.2 Å². The van der Waals surface area contributed by atoms with Gasteiger partial charge in [-0.3, -0.25) is 4.79 Å². The number of hydrogen-bond acceptors (Lipinski definition) is 5. The van der Waals surface area contributed by atoms with Crippen LogP contribution in [0.15, 0.2) is 29.3 Å². The van der Waals surface area contributed by atoms with E-state index in [4.69, 9.17) is 0 Å². The van der Waals surface area contributed by atoms with Crippen LogP contribution in [0.5, 0.6) is 5.75 Å². The number of aryl methyl sites for hydroxylation is 2. The molecule has 0 spiro atoms. The summed E-state index contributed by atoms with van der Waals surface area (Å²) in [6, 6.07) is 6.15. The first kappa shape index (κ1) is 23.2. The molecule has 0 unspecified atom stereocenters. The van der Waals surface area contributed by atoms with Crippen molar-refractivity contribution in [2.45, 2.75) is 27.3 Å². The Labute approximate surface area is 180 Å². The fourth-order valence-corrected chi connectivity index (χ4v) is 3.03. The normalized spacial score (nSPS) is 10.9. The molecule has 2 rings (SSSR count). The molecule has 0 radical (unpaired) electrons. The summed E-state index contributed by atoms with van der Waals surface area (Å²) in [6.07, 6.45) is 0. The quantitative estimate of drug-likeness (QED) is 0.202. The highest BCUT2D eigenvalue weighted by atomic mass is 127. The highest BCUT2D eigenvalue weighted by molar-refractivity contribution is 14.0. The van der Waals surface area contributed by atoms with Crippen molar-refractivity contribution < 1.29 is 9.90 Å². The highest BCUT2D eigenvalue weighted by Crippen LogP contribution is 2.16. The van der Waals surface area contributed by atoms with E-state index >= 15 is 0 Å². The number of aromatic nitrogens is 1. The van der Waals surface area contributed by atoms with Crippen LogP contribution in [0, 0.1) is 13.8 Å². The molecular formula is C18H26IN5O2S. The van der Waals surface area contributed by atoms with Gasteiger partial charge in [0, 0.05) is 30.1 Å². The van der Waals surface area contributed by atoms with Gasteiger partial charge in [0.1, 0.15) is 10.8 Å². The number of nitrogens with one attached hydrogen (secondary N) is 3. The van der Waals surface area contributed by atoms with Crippen LogP contribution in [-0.2, 0) is 6.54 Å². The van der Waals surface area contributed by atoms with Crippen LogP contribution >= 0.6 is 35.3 Å². The van der Waals surface area contributed by atoms with Gasteiger partial charge < -0.3 is 21.1 Å². The standard InChI is InChI=1S/C18H25N5O2S.HI/c1-4-19-18(22-11-16-23-12(2)13(3)26-16)21-10-9-20-17(25)14-5-7-15(24)8-6-14;/h5-8,24H,4,9-11H2,1-3H3,(H,20,25)(H2,19,21,22);1H. The molecule has 27 heavy (non-hydrogen) atoms. The Morgan fingerprint density at radius 3 is 2.41 bits per heavy atom. The molecule has 2 aromatic rings. The number of amides is 1. The lowest BCUT2D eigenvalue weighted by Gasteiger charge is -2.11. The Hall–Kier alpha value is -1.88. The Kier molecular flexibility index (Phi) is 10.1. The maximum Gasteiger partial charge on any atom is 0.251 e. The number of rotatable bonds is 7. The summed E-state index contributed by atoms with van der Waals surface area (Å²) in [7, 11) is 0. The zero-order valence-corrected chi connectivity index (χ0v) is 18.9. The molecule has 7 nitrogen and oxygen atoms in total. The van der Waals surface area contributed by atoms with Gasteiger partial charge in [-0.2, -0.15) is 0 Å². The Bertz CT molecular complexity index is 742. The van der Waals surface area contributed by atoms with Crippen LogP contribution in [-0.4, -0.2) is 41.6 Å². The van der Waals surface area contributed by atoms with E-state index in [1.54, 1.807) is 23.5 Å². The van der Waals surface area contributed by atoms with Gasteiger partial charge in [-0.05, 0) is 45.0 Å². The molecule has 0 fully saturated rings. The third kappa shape index (κ3) is 7.71. The summed E-state index contributed by atoms with van der Waals surface area (Å²) in [5.41, 5.74) is 1.56. The number of carbonyl (C=O) groups excluding carboxylic acids is 1. The summed E-state index contributed by atoms with van der Waals surface area (Å²) < 4.78 is 0. The zero-order valence-electron chi connectivity index (χ0n) is 15.7. The van der Waals surface area contributed by atoms with E-state index in [1.165, 1.54) is 17.0 Å². The second kappa shape index (κ2) is 11.8. The van der Waals surface area contributed by atoms with E-state index in [2.05, 4.69) is 32.9 Å². The fraction of sp³-hybridized carbons (Fsp3) is 0.389. The number of hydrogen-bond donors (Lipinski definition) is 4. The lowest BCUT2D eigenvalue weighted by atomic mass is 10.2. The van der Waals surface area contributed by atoms with Gasteiger partial charge in [0.15, 0.2) is 5.96 Å². The first-order valence-electron chi connectivity index (χ1n) is 8.52. The number of guanidine groups is 1. The third-order valence-corrected chi connectivity index (χ3v) is 4.68. The van der Waals surface area contributed by atoms with Crippen molar-refractivity contribution in [3.8, 4) is 5.75 Å². The number of carbonyl (C=O) groups is 1.